The molecule has 0 unspecified atom stereocenters. The first-order valence-corrected chi connectivity index (χ1v) is 11.0. The molecule has 0 saturated carbocycles. The van der Waals surface area contributed by atoms with Crippen LogP contribution in [0.3, 0.4) is 0 Å². The van der Waals surface area contributed by atoms with Crippen LogP contribution in [0.4, 0.5) is 0 Å². The molecule has 0 radical (unpaired) electrons. The van der Waals surface area contributed by atoms with Crippen LogP contribution in [0.2, 0.25) is 0 Å². The molecule has 0 aromatic heterocycles. The zero-order chi connectivity index (χ0) is 21.1. The number of aliphatic hydroxyl groups excluding tert-OH is 1. The maximum atomic E-state index is 10.9. The van der Waals surface area contributed by atoms with E-state index in [-0.39, 0.29) is 30.0 Å². The molecular weight excluding hydrogens is 360 g/mol. The SMILES string of the molecule is CCC[C@@H](C)[C@H](O)[C@H](C)[C@H](OCc1ccccc1)[C@H](C)COCc1ccccc1. The van der Waals surface area contributed by atoms with Crippen molar-refractivity contribution in [1.29, 1.82) is 0 Å². The molecule has 0 saturated heterocycles. The van der Waals surface area contributed by atoms with Gasteiger partial charge in [0.25, 0.3) is 0 Å². The van der Waals surface area contributed by atoms with Crippen LogP contribution in [0.5, 0.6) is 0 Å². The van der Waals surface area contributed by atoms with Crippen LogP contribution in [0.25, 0.3) is 0 Å². The fraction of sp³-hybridized carbons (Fsp3) is 0.538. The molecule has 29 heavy (non-hydrogen) atoms. The van der Waals surface area contributed by atoms with E-state index >= 15 is 0 Å². The summed E-state index contributed by atoms with van der Waals surface area (Å²) in [6.45, 7) is 10.3. The van der Waals surface area contributed by atoms with Crippen molar-refractivity contribution in [2.24, 2.45) is 17.8 Å². The van der Waals surface area contributed by atoms with E-state index in [0.717, 1.165) is 18.4 Å². The zero-order valence-electron chi connectivity index (χ0n) is 18.5. The lowest BCUT2D eigenvalue weighted by Crippen LogP contribution is -2.40. The van der Waals surface area contributed by atoms with Crippen molar-refractivity contribution in [2.75, 3.05) is 6.61 Å². The topological polar surface area (TPSA) is 38.7 Å². The summed E-state index contributed by atoms with van der Waals surface area (Å²) in [5.41, 5.74) is 2.32. The van der Waals surface area contributed by atoms with Crippen LogP contribution in [-0.4, -0.2) is 23.9 Å². The Labute approximate surface area is 177 Å². The van der Waals surface area contributed by atoms with E-state index in [9.17, 15) is 5.11 Å². The van der Waals surface area contributed by atoms with Gasteiger partial charge < -0.3 is 14.6 Å². The second-order valence-electron chi connectivity index (χ2n) is 8.35. The average Bonchev–Trinajstić information content (AvgIpc) is 2.75. The number of benzene rings is 2. The minimum Gasteiger partial charge on any atom is -0.392 e. The van der Waals surface area contributed by atoms with Crippen LogP contribution in [-0.2, 0) is 22.7 Å². The predicted octanol–water partition coefficient (Wildman–Crippen LogP) is 5.86. The summed E-state index contributed by atoms with van der Waals surface area (Å²) in [4.78, 5) is 0. The molecule has 0 aliphatic rings. The van der Waals surface area contributed by atoms with Crippen molar-refractivity contribution in [2.45, 2.75) is 66.0 Å². The van der Waals surface area contributed by atoms with Gasteiger partial charge in [-0.15, -0.1) is 0 Å². The Kier molecular flexibility index (Phi) is 10.4. The van der Waals surface area contributed by atoms with Crippen LogP contribution in [0.1, 0.15) is 51.7 Å². The van der Waals surface area contributed by atoms with Crippen molar-refractivity contribution in [3.63, 3.8) is 0 Å². The molecule has 0 spiro atoms. The van der Waals surface area contributed by atoms with Gasteiger partial charge in [-0.1, -0.05) is 94.8 Å². The summed E-state index contributed by atoms with van der Waals surface area (Å²) in [6.07, 6.45) is 1.65. The Morgan fingerprint density at radius 3 is 1.90 bits per heavy atom. The average molecular weight is 399 g/mol. The fourth-order valence-electron chi connectivity index (χ4n) is 3.97. The lowest BCUT2D eigenvalue weighted by molar-refractivity contribution is -0.0929. The van der Waals surface area contributed by atoms with Crippen LogP contribution >= 0.6 is 0 Å². The quantitative estimate of drug-likeness (QED) is 0.459. The van der Waals surface area contributed by atoms with Crippen molar-refractivity contribution < 1.29 is 14.6 Å². The van der Waals surface area contributed by atoms with E-state index in [1.165, 1.54) is 5.56 Å². The highest BCUT2D eigenvalue weighted by atomic mass is 16.5. The van der Waals surface area contributed by atoms with Crippen molar-refractivity contribution in [3.8, 4) is 0 Å². The van der Waals surface area contributed by atoms with Gasteiger partial charge >= 0.3 is 0 Å². The van der Waals surface area contributed by atoms with Gasteiger partial charge in [0, 0.05) is 11.8 Å². The van der Waals surface area contributed by atoms with E-state index < -0.39 is 0 Å². The van der Waals surface area contributed by atoms with E-state index in [4.69, 9.17) is 9.47 Å². The van der Waals surface area contributed by atoms with Gasteiger partial charge in [-0.05, 0) is 23.5 Å². The molecule has 3 nitrogen and oxygen atoms in total. The summed E-state index contributed by atoms with van der Waals surface area (Å²) in [7, 11) is 0. The molecule has 0 amide bonds. The zero-order valence-corrected chi connectivity index (χ0v) is 18.5. The van der Waals surface area contributed by atoms with Gasteiger partial charge in [0.1, 0.15) is 0 Å². The Hall–Kier alpha value is -1.68. The van der Waals surface area contributed by atoms with E-state index in [1.54, 1.807) is 0 Å². The Morgan fingerprint density at radius 1 is 0.793 bits per heavy atom. The van der Waals surface area contributed by atoms with Crippen molar-refractivity contribution in [3.05, 3.63) is 71.8 Å². The largest absolute Gasteiger partial charge is 0.392 e. The molecule has 0 aliphatic carbocycles. The number of rotatable bonds is 13. The van der Waals surface area contributed by atoms with E-state index in [1.807, 2.05) is 36.4 Å². The highest BCUT2D eigenvalue weighted by molar-refractivity contribution is 5.14. The lowest BCUT2D eigenvalue weighted by Gasteiger charge is -2.35. The molecular formula is C26H38O3. The lowest BCUT2D eigenvalue weighted by atomic mass is 9.83. The molecule has 5 atom stereocenters. The maximum absolute atomic E-state index is 10.9. The minimum atomic E-state index is -0.382. The number of ether oxygens (including phenoxy) is 2. The first-order chi connectivity index (χ1) is 14.0. The third-order valence-corrected chi connectivity index (χ3v) is 5.72. The third kappa shape index (κ3) is 7.93. The van der Waals surface area contributed by atoms with Crippen LogP contribution < -0.4 is 0 Å². The summed E-state index contributed by atoms with van der Waals surface area (Å²) < 4.78 is 12.4. The standard InChI is InChI=1S/C26H38O3/c1-5-12-20(2)25(27)22(4)26(29-19-24-15-10-7-11-16-24)21(3)17-28-18-23-13-8-6-9-14-23/h6-11,13-16,20-22,25-27H,5,12,17-19H2,1-4H3/t20-,21-,22+,25+,26-/m1/s1. The summed E-state index contributed by atoms with van der Waals surface area (Å²) in [5.74, 6) is 0.478. The molecule has 0 fully saturated rings. The summed E-state index contributed by atoms with van der Waals surface area (Å²) in [6, 6.07) is 20.5. The Bertz CT molecular complexity index is 658. The second kappa shape index (κ2) is 12.8. The van der Waals surface area contributed by atoms with E-state index in [2.05, 4.69) is 52.0 Å². The van der Waals surface area contributed by atoms with Crippen LogP contribution in [0.15, 0.2) is 60.7 Å². The molecule has 0 aliphatic heterocycles. The Morgan fingerprint density at radius 2 is 1.34 bits per heavy atom. The van der Waals surface area contributed by atoms with Gasteiger partial charge in [0.2, 0.25) is 0 Å². The van der Waals surface area contributed by atoms with E-state index in [0.29, 0.717) is 19.8 Å². The predicted molar refractivity (Wildman–Crippen MR) is 120 cm³/mol. The summed E-state index contributed by atoms with van der Waals surface area (Å²) >= 11 is 0. The van der Waals surface area contributed by atoms with Crippen molar-refractivity contribution in [1.82, 2.24) is 0 Å². The van der Waals surface area contributed by atoms with Gasteiger partial charge in [-0.3, -0.25) is 0 Å². The van der Waals surface area contributed by atoms with Crippen LogP contribution in [0, 0.1) is 17.8 Å². The third-order valence-electron chi connectivity index (χ3n) is 5.72. The summed E-state index contributed by atoms with van der Waals surface area (Å²) in [5, 5.41) is 10.9. The molecule has 2 rings (SSSR count). The molecule has 160 valence electrons. The monoisotopic (exact) mass is 398 g/mol. The highest BCUT2D eigenvalue weighted by Gasteiger charge is 2.32. The second-order valence-corrected chi connectivity index (χ2v) is 8.35. The fourth-order valence-corrected chi connectivity index (χ4v) is 3.97. The van der Waals surface area contributed by atoms with Gasteiger partial charge in [0.15, 0.2) is 0 Å². The molecule has 1 N–H and O–H groups in total. The highest BCUT2D eigenvalue weighted by Crippen LogP contribution is 2.27. The molecule has 0 bridgehead atoms. The number of hydrogen-bond donors (Lipinski definition) is 1. The normalized spacial score (nSPS) is 16.7. The van der Waals surface area contributed by atoms with Gasteiger partial charge in [-0.2, -0.15) is 0 Å². The molecule has 2 aromatic rings. The smallest absolute Gasteiger partial charge is 0.0720 e. The first-order valence-electron chi connectivity index (χ1n) is 11.0. The molecule has 2 aromatic carbocycles. The minimum absolute atomic E-state index is 0.0376. The molecule has 0 heterocycles. The first kappa shape index (κ1) is 23.6. The molecule has 3 heteroatoms. The Balaban J connectivity index is 1.99. The van der Waals surface area contributed by atoms with Gasteiger partial charge in [0.05, 0.1) is 32.0 Å². The van der Waals surface area contributed by atoms with Crippen molar-refractivity contribution >= 4 is 0 Å². The number of aliphatic hydroxyl groups is 1. The maximum Gasteiger partial charge on any atom is 0.0720 e. The van der Waals surface area contributed by atoms with Gasteiger partial charge in [-0.25, -0.2) is 0 Å². The number of hydrogen-bond acceptors (Lipinski definition) is 3.